The number of H-pyrrole nitrogens is 1. The summed E-state index contributed by atoms with van der Waals surface area (Å²) in [5.41, 5.74) is 0.0553. The van der Waals surface area contributed by atoms with Crippen molar-refractivity contribution in [1.82, 2.24) is 9.38 Å². The van der Waals surface area contributed by atoms with Crippen molar-refractivity contribution in [3.8, 4) is 28.5 Å². The summed E-state index contributed by atoms with van der Waals surface area (Å²) in [5.74, 6) is -0.804. The van der Waals surface area contributed by atoms with Crippen LogP contribution in [0.3, 0.4) is 0 Å². The SMILES string of the molecule is O=c1cccc2[nH]c(-c3c(F)cc(OCCF)cc3F)c(Nc3ccc4c(c3)OCCO4)n12. The Bertz CT molecular complexity index is 1380. The Morgan fingerprint density at radius 1 is 1.03 bits per heavy atom. The molecule has 7 nitrogen and oxygen atoms in total. The second-order valence-corrected chi connectivity index (χ2v) is 7.22. The lowest BCUT2D eigenvalue weighted by Gasteiger charge is -2.19. The number of imidazole rings is 1. The maximum Gasteiger partial charge on any atom is 0.257 e. The first-order valence-electron chi connectivity index (χ1n) is 10.1. The molecule has 0 aliphatic carbocycles. The molecule has 2 aromatic carbocycles. The molecule has 2 aromatic heterocycles. The zero-order valence-corrected chi connectivity index (χ0v) is 17.2. The monoisotopic (exact) mass is 457 g/mol. The van der Waals surface area contributed by atoms with Crippen molar-refractivity contribution < 1.29 is 27.4 Å². The van der Waals surface area contributed by atoms with Gasteiger partial charge in [-0.1, -0.05) is 6.07 Å². The lowest BCUT2D eigenvalue weighted by Crippen LogP contribution is -2.15. The fraction of sp³-hybridized carbons (Fsp3) is 0.174. The van der Waals surface area contributed by atoms with Crippen molar-refractivity contribution in [1.29, 1.82) is 0 Å². The highest BCUT2D eigenvalue weighted by Crippen LogP contribution is 2.38. The number of benzene rings is 2. The minimum Gasteiger partial charge on any atom is -0.491 e. The van der Waals surface area contributed by atoms with Crippen LogP contribution in [0, 0.1) is 11.6 Å². The summed E-state index contributed by atoms with van der Waals surface area (Å²) in [5, 5.41) is 3.07. The molecule has 0 saturated carbocycles. The van der Waals surface area contributed by atoms with Gasteiger partial charge in [-0.3, -0.25) is 4.79 Å². The Morgan fingerprint density at radius 2 is 1.79 bits per heavy atom. The van der Waals surface area contributed by atoms with Gasteiger partial charge in [0.1, 0.15) is 55.3 Å². The molecular weight excluding hydrogens is 439 g/mol. The van der Waals surface area contributed by atoms with Crippen LogP contribution >= 0.6 is 0 Å². The summed E-state index contributed by atoms with van der Waals surface area (Å²) in [4.78, 5) is 15.5. The third-order valence-corrected chi connectivity index (χ3v) is 5.08. The molecule has 2 N–H and O–H groups in total. The van der Waals surface area contributed by atoms with Crippen molar-refractivity contribution in [2.24, 2.45) is 0 Å². The number of ether oxygens (including phenoxy) is 3. The average Bonchev–Trinajstić information content (AvgIpc) is 3.16. The van der Waals surface area contributed by atoms with Gasteiger partial charge in [0.15, 0.2) is 11.5 Å². The van der Waals surface area contributed by atoms with Crippen molar-refractivity contribution in [3.63, 3.8) is 0 Å². The minimum atomic E-state index is -0.936. The van der Waals surface area contributed by atoms with Gasteiger partial charge in [0.05, 0.1) is 11.3 Å². The van der Waals surface area contributed by atoms with E-state index in [9.17, 15) is 9.18 Å². The maximum atomic E-state index is 15.0. The van der Waals surface area contributed by atoms with E-state index in [4.69, 9.17) is 14.2 Å². The lowest BCUT2D eigenvalue weighted by atomic mass is 10.1. The van der Waals surface area contributed by atoms with Gasteiger partial charge in [-0.25, -0.2) is 17.6 Å². The third-order valence-electron chi connectivity index (χ3n) is 5.08. The number of hydrogen-bond donors (Lipinski definition) is 2. The molecule has 0 saturated heterocycles. The number of rotatable bonds is 6. The van der Waals surface area contributed by atoms with Gasteiger partial charge in [0.2, 0.25) is 0 Å². The maximum absolute atomic E-state index is 15.0. The number of nitrogens with one attached hydrogen (secondary N) is 2. The van der Waals surface area contributed by atoms with Gasteiger partial charge in [0.25, 0.3) is 5.56 Å². The van der Waals surface area contributed by atoms with Crippen LogP contribution in [0.4, 0.5) is 24.7 Å². The van der Waals surface area contributed by atoms with Crippen molar-refractivity contribution >= 4 is 17.2 Å². The number of halogens is 3. The minimum absolute atomic E-state index is 0.0141. The number of hydrogen-bond acceptors (Lipinski definition) is 5. The van der Waals surface area contributed by atoms with Gasteiger partial charge in [-0.2, -0.15) is 0 Å². The molecule has 0 atom stereocenters. The highest BCUT2D eigenvalue weighted by atomic mass is 19.1. The smallest absolute Gasteiger partial charge is 0.257 e. The molecule has 4 aromatic rings. The molecule has 1 aliphatic rings. The van der Waals surface area contributed by atoms with Crippen LogP contribution in [0.25, 0.3) is 16.9 Å². The number of anilines is 2. The number of pyridine rings is 1. The third kappa shape index (κ3) is 3.84. The number of nitrogens with zero attached hydrogens (tertiary/aromatic N) is 1. The predicted molar refractivity (Wildman–Crippen MR) is 116 cm³/mol. The van der Waals surface area contributed by atoms with E-state index in [2.05, 4.69) is 10.3 Å². The number of aromatic nitrogens is 2. The van der Waals surface area contributed by atoms with Crippen LogP contribution < -0.4 is 25.1 Å². The predicted octanol–water partition coefficient (Wildman–Crippen LogP) is 4.44. The topological polar surface area (TPSA) is 77.0 Å². The van der Waals surface area contributed by atoms with E-state index in [0.717, 1.165) is 12.1 Å². The lowest BCUT2D eigenvalue weighted by molar-refractivity contribution is 0.171. The molecule has 0 bridgehead atoms. The summed E-state index contributed by atoms with van der Waals surface area (Å²) in [6, 6.07) is 11.5. The fourth-order valence-corrected chi connectivity index (χ4v) is 3.70. The van der Waals surface area contributed by atoms with Gasteiger partial charge in [-0.05, 0) is 18.2 Å². The number of alkyl halides is 1. The Hall–Kier alpha value is -4.08. The van der Waals surface area contributed by atoms with E-state index in [1.54, 1.807) is 24.3 Å². The van der Waals surface area contributed by atoms with E-state index in [0.29, 0.717) is 36.0 Å². The molecule has 0 radical (unpaired) electrons. The molecule has 3 heterocycles. The Morgan fingerprint density at radius 3 is 2.55 bits per heavy atom. The Balaban J connectivity index is 1.65. The van der Waals surface area contributed by atoms with Crippen molar-refractivity contribution in [2.75, 3.05) is 31.8 Å². The summed E-state index contributed by atoms with van der Waals surface area (Å²) in [6.45, 7) is -0.288. The first-order chi connectivity index (χ1) is 16.0. The first kappa shape index (κ1) is 20.8. The first-order valence-corrected chi connectivity index (χ1v) is 10.1. The number of aromatic amines is 1. The van der Waals surface area contributed by atoms with Crippen LogP contribution in [0.15, 0.2) is 53.3 Å². The summed E-state index contributed by atoms with van der Waals surface area (Å²) >= 11 is 0. The van der Waals surface area contributed by atoms with Crippen LogP contribution in [0.2, 0.25) is 0 Å². The van der Waals surface area contributed by atoms with Gasteiger partial charge in [0, 0.05) is 30.0 Å². The van der Waals surface area contributed by atoms with E-state index in [1.165, 1.54) is 16.5 Å². The van der Waals surface area contributed by atoms with Crippen LogP contribution in [-0.4, -0.2) is 35.9 Å². The van der Waals surface area contributed by atoms with Crippen LogP contribution in [0.5, 0.6) is 17.2 Å². The van der Waals surface area contributed by atoms with E-state index in [1.807, 2.05) is 0 Å². The average molecular weight is 457 g/mol. The van der Waals surface area contributed by atoms with Crippen molar-refractivity contribution in [3.05, 3.63) is 70.5 Å². The second-order valence-electron chi connectivity index (χ2n) is 7.22. The zero-order valence-electron chi connectivity index (χ0n) is 17.2. The normalized spacial score (nSPS) is 12.7. The molecular formula is C23H18F3N3O4. The molecule has 10 heteroatoms. The summed E-state index contributed by atoms with van der Waals surface area (Å²) < 4.78 is 59.8. The molecule has 0 amide bonds. The summed E-state index contributed by atoms with van der Waals surface area (Å²) in [7, 11) is 0. The molecule has 1 aliphatic heterocycles. The molecule has 33 heavy (non-hydrogen) atoms. The molecule has 0 spiro atoms. The highest BCUT2D eigenvalue weighted by Gasteiger charge is 2.23. The molecule has 0 unspecified atom stereocenters. The molecule has 5 rings (SSSR count). The van der Waals surface area contributed by atoms with E-state index in [-0.39, 0.29) is 23.9 Å². The van der Waals surface area contributed by atoms with Gasteiger partial charge >= 0.3 is 0 Å². The Kier molecular flexibility index (Phi) is 5.33. The molecule has 170 valence electrons. The zero-order chi connectivity index (χ0) is 22.9. The Labute approximate surface area is 185 Å². The van der Waals surface area contributed by atoms with E-state index >= 15 is 8.78 Å². The second kappa shape index (κ2) is 8.45. The van der Waals surface area contributed by atoms with Gasteiger partial charge < -0.3 is 24.5 Å². The van der Waals surface area contributed by atoms with E-state index < -0.39 is 29.4 Å². The van der Waals surface area contributed by atoms with Gasteiger partial charge in [-0.15, -0.1) is 0 Å². The van der Waals surface area contributed by atoms with Crippen LogP contribution in [0.1, 0.15) is 0 Å². The van der Waals surface area contributed by atoms with Crippen molar-refractivity contribution in [2.45, 2.75) is 0 Å². The molecule has 0 fully saturated rings. The highest BCUT2D eigenvalue weighted by molar-refractivity contribution is 5.81. The summed E-state index contributed by atoms with van der Waals surface area (Å²) in [6.07, 6.45) is 0. The standard InChI is InChI=1S/C23H18F3N3O4/c24-6-7-31-14-11-15(25)21(16(26)12-14)22-23(29-19(28-22)2-1-3-20(29)30)27-13-4-5-17-18(10-13)33-9-8-32-17/h1-5,10-12,27-28H,6-9H2. The van der Waals surface area contributed by atoms with Crippen LogP contribution in [-0.2, 0) is 0 Å². The quantitative estimate of drug-likeness (QED) is 0.448. The largest absolute Gasteiger partial charge is 0.491 e. The number of fused-ring (bicyclic) bond motifs is 2. The fourth-order valence-electron chi connectivity index (χ4n) is 3.70.